The molecule has 1 aliphatic rings. The number of aromatic nitrogens is 2. The van der Waals surface area contributed by atoms with Crippen molar-refractivity contribution in [2.24, 2.45) is 0 Å². The highest BCUT2D eigenvalue weighted by Gasteiger charge is 2.12. The Balaban J connectivity index is 1.86. The van der Waals surface area contributed by atoms with Crippen molar-refractivity contribution in [2.45, 2.75) is 12.8 Å². The topological polar surface area (TPSA) is 31.9 Å². The molecule has 3 heteroatoms. The number of aromatic amines is 1. The largest absolute Gasteiger partial charge is 0.345 e. The number of hydrogen-bond acceptors (Lipinski definition) is 2. The first-order chi connectivity index (χ1) is 9.43. The predicted octanol–water partition coefficient (Wildman–Crippen LogP) is 2.94. The second-order valence-corrected chi connectivity index (χ2v) is 4.93. The molecule has 3 rings (SSSR count). The summed E-state index contributed by atoms with van der Waals surface area (Å²) in [6.45, 7) is 3.44. The summed E-state index contributed by atoms with van der Waals surface area (Å²) in [4.78, 5) is 10.1. The van der Waals surface area contributed by atoms with Crippen molar-refractivity contribution in [2.75, 3.05) is 19.6 Å². The molecule has 3 nitrogen and oxygen atoms in total. The van der Waals surface area contributed by atoms with Crippen molar-refractivity contribution < 1.29 is 0 Å². The lowest BCUT2D eigenvalue weighted by Gasteiger charge is -2.13. The lowest BCUT2D eigenvalue weighted by atomic mass is 10.1. The number of nitrogens with zero attached hydrogens (tertiary/aromatic N) is 2. The summed E-state index contributed by atoms with van der Waals surface area (Å²) in [7, 11) is 0. The number of rotatable bonds is 4. The SMILES string of the molecule is C(CN1CCCC1)=C(c1ccccc1)c1ncc[nH]1. The molecule has 0 spiro atoms. The van der Waals surface area contributed by atoms with Crippen LogP contribution in [0.15, 0.2) is 48.8 Å². The van der Waals surface area contributed by atoms with Crippen LogP contribution in [-0.2, 0) is 0 Å². The molecule has 1 aromatic carbocycles. The maximum Gasteiger partial charge on any atom is 0.137 e. The van der Waals surface area contributed by atoms with Crippen LogP contribution in [0.25, 0.3) is 5.57 Å². The standard InChI is InChI=1S/C16H19N3/c1-2-6-14(7-3-1)15(16-17-9-10-18-16)8-13-19-11-4-5-12-19/h1-3,6-10H,4-5,11-13H2,(H,17,18). The second kappa shape index (κ2) is 5.85. The van der Waals surface area contributed by atoms with Gasteiger partial charge in [0.15, 0.2) is 0 Å². The minimum Gasteiger partial charge on any atom is -0.345 e. The highest BCUT2D eigenvalue weighted by molar-refractivity contribution is 5.76. The van der Waals surface area contributed by atoms with Crippen LogP contribution < -0.4 is 0 Å². The summed E-state index contributed by atoms with van der Waals surface area (Å²) in [5.74, 6) is 0.949. The van der Waals surface area contributed by atoms with Crippen molar-refractivity contribution in [3.05, 3.63) is 60.2 Å². The lowest BCUT2D eigenvalue weighted by molar-refractivity contribution is 0.377. The molecule has 19 heavy (non-hydrogen) atoms. The van der Waals surface area contributed by atoms with E-state index in [2.05, 4.69) is 45.2 Å². The zero-order valence-corrected chi connectivity index (χ0v) is 11.0. The van der Waals surface area contributed by atoms with Gasteiger partial charge in [0.2, 0.25) is 0 Å². The summed E-state index contributed by atoms with van der Waals surface area (Å²) >= 11 is 0. The van der Waals surface area contributed by atoms with Crippen LogP contribution >= 0.6 is 0 Å². The second-order valence-electron chi connectivity index (χ2n) is 4.93. The highest BCUT2D eigenvalue weighted by Crippen LogP contribution is 2.20. The zero-order valence-electron chi connectivity index (χ0n) is 11.0. The third-order valence-corrected chi connectivity index (χ3v) is 3.59. The van der Waals surface area contributed by atoms with Gasteiger partial charge in [0.25, 0.3) is 0 Å². The Morgan fingerprint density at radius 1 is 1.21 bits per heavy atom. The maximum atomic E-state index is 4.40. The van der Waals surface area contributed by atoms with Crippen molar-refractivity contribution in [3.8, 4) is 0 Å². The number of nitrogens with one attached hydrogen (secondary N) is 1. The van der Waals surface area contributed by atoms with E-state index >= 15 is 0 Å². The third-order valence-electron chi connectivity index (χ3n) is 3.59. The Bertz CT molecular complexity index is 522. The molecule has 0 radical (unpaired) electrons. The molecule has 0 bridgehead atoms. The van der Waals surface area contributed by atoms with Crippen LogP contribution in [0.1, 0.15) is 24.2 Å². The first-order valence-corrected chi connectivity index (χ1v) is 6.91. The Morgan fingerprint density at radius 2 is 2.00 bits per heavy atom. The van der Waals surface area contributed by atoms with E-state index in [0.717, 1.165) is 12.4 Å². The van der Waals surface area contributed by atoms with E-state index in [4.69, 9.17) is 0 Å². The number of hydrogen-bond donors (Lipinski definition) is 1. The van der Waals surface area contributed by atoms with Crippen LogP contribution in [0.4, 0.5) is 0 Å². The molecule has 1 saturated heterocycles. The van der Waals surface area contributed by atoms with Crippen LogP contribution in [0.2, 0.25) is 0 Å². The summed E-state index contributed by atoms with van der Waals surface area (Å²) in [6, 6.07) is 10.5. The van der Waals surface area contributed by atoms with Gasteiger partial charge in [-0.05, 0) is 31.5 Å². The fraction of sp³-hybridized carbons (Fsp3) is 0.312. The molecule has 1 fully saturated rings. The van der Waals surface area contributed by atoms with Crippen LogP contribution in [0, 0.1) is 0 Å². The molecule has 1 aliphatic heterocycles. The molecule has 2 aromatic rings. The first kappa shape index (κ1) is 12.2. The maximum absolute atomic E-state index is 4.40. The molecule has 0 saturated carbocycles. The Hall–Kier alpha value is -1.87. The fourth-order valence-electron chi connectivity index (χ4n) is 2.57. The average Bonchev–Trinajstić information content (AvgIpc) is 3.13. The molecule has 0 atom stereocenters. The van der Waals surface area contributed by atoms with E-state index in [1.165, 1.54) is 37.1 Å². The van der Waals surface area contributed by atoms with Crippen molar-refractivity contribution in [1.29, 1.82) is 0 Å². The number of benzene rings is 1. The smallest absolute Gasteiger partial charge is 0.137 e. The molecule has 2 heterocycles. The van der Waals surface area contributed by atoms with E-state index in [1.807, 2.05) is 18.5 Å². The van der Waals surface area contributed by atoms with E-state index in [1.54, 1.807) is 0 Å². The fourth-order valence-corrected chi connectivity index (χ4v) is 2.57. The van der Waals surface area contributed by atoms with Gasteiger partial charge in [0.1, 0.15) is 5.82 Å². The summed E-state index contributed by atoms with van der Waals surface area (Å²) < 4.78 is 0. The van der Waals surface area contributed by atoms with Gasteiger partial charge in [-0.25, -0.2) is 4.98 Å². The highest BCUT2D eigenvalue weighted by atomic mass is 15.1. The third kappa shape index (κ3) is 2.93. The number of likely N-dealkylation sites (tertiary alicyclic amines) is 1. The van der Waals surface area contributed by atoms with Crippen LogP contribution in [-0.4, -0.2) is 34.5 Å². The van der Waals surface area contributed by atoms with E-state index in [-0.39, 0.29) is 0 Å². The van der Waals surface area contributed by atoms with Crippen LogP contribution in [0.3, 0.4) is 0 Å². The van der Waals surface area contributed by atoms with Gasteiger partial charge in [0.05, 0.1) is 0 Å². The number of imidazole rings is 1. The van der Waals surface area contributed by atoms with Gasteiger partial charge in [-0.2, -0.15) is 0 Å². The zero-order chi connectivity index (χ0) is 12.9. The van der Waals surface area contributed by atoms with E-state index < -0.39 is 0 Å². The molecule has 0 aliphatic carbocycles. The van der Waals surface area contributed by atoms with Crippen molar-refractivity contribution in [1.82, 2.24) is 14.9 Å². The lowest BCUT2D eigenvalue weighted by Crippen LogP contribution is -2.19. The van der Waals surface area contributed by atoms with Crippen LogP contribution in [0.5, 0.6) is 0 Å². The van der Waals surface area contributed by atoms with Gasteiger partial charge < -0.3 is 4.98 Å². The van der Waals surface area contributed by atoms with Crippen molar-refractivity contribution >= 4 is 5.57 Å². The molecular weight excluding hydrogens is 234 g/mol. The number of H-pyrrole nitrogens is 1. The van der Waals surface area contributed by atoms with Gasteiger partial charge >= 0.3 is 0 Å². The van der Waals surface area contributed by atoms with E-state index in [0.29, 0.717) is 0 Å². The Kier molecular flexibility index (Phi) is 3.75. The summed E-state index contributed by atoms with van der Waals surface area (Å²) in [5.41, 5.74) is 2.41. The Morgan fingerprint density at radius 3 is 2.68 bits per heavy atom. The van der Waals surface area contributed by atoms with Gasteiger partial charge in [0, 0.05) is 24.5 Å². The molecule has 98 valence electrons. The van der Waals surface area contributed by atoms with Gasteiger partial charge in [-0.15, -0.1) is 0 Å². The minimum atomic E-state index is 0.949. The summed E-state index contributed by atoms with van der Waals surface area (Å²) in [6.07, 6.45) is 8.63. The molecule has 1 aromatic heterocycles. The van der Waals surface area contributed by atoms with Gasteiger partial charge in [-0.1, -0.05) is 36.4 Å². The van der Waals surface area contributed by atoms with E-state index in [9.17, 15) is 0 Å². The first-order valence-electron chi connectivity index (χ1n) is 6.91. The average molecular weight is 253 g/mol. The Labute approximate surface area is 114 Å². The van der Waals surface area contributed by atoms with Crippen molar-refractivity contribution in [3.63, 3.8) is 0 Å². The van der Waals surface area contributed by atoms with Gasteiger partial charge in [-0.3, -0.25) is 4.90 Å². The monoisotopic (exact) mass is 253 g/mol. The molecular formula is C16H19N3. The quantitative estimate of drug-likeness (QED) is 0.908. The normalized spacial score (nSPS) is 16.9. The molecule has 0 amide bonds. The predicted molar refractivity (Wildman–Crippen MR) is 77.8 cm³/mol. The minimum absolute atomic E-state index is 0.949. The molecule has 0 unspecified atom stereocenters. The molecule has 1 N–H and O–H groups in total. The summed E-state index contributed by atoms with van der Waals surface area (Å²) in [5, 5.41) is 0.